The zero-order valence-electron chi connectivity index (χ0n) is 12.3. The van der Waals surface area contributed by atoms with Gasteiger partial charge in [-0.3, -0.25) is 4.99 Å². The van der Waals surface area contributed by atoms with E-state index in [0.717, 1.165) is 18.0 Å². The fraction of sp³-hybridized carbons (Fsp3) is 0.929. The van der Waals surface area contributed by atoms with Gasteiger partial charge in [0, 0.05) is 11.3 Å². The molecular weight excluding hydrogens is 228 g/mol. The van der Waals surface area contributed by atoms with Crippen LogP contribution in [0.25, 0.3) is 0 Å². The van der Waals surface area contributed by atoms with Gasteiger partial charge in [-0.2, -0.15) is 0 Å². The van der Waals surface area contributed by atoms with Gasteiger partial charge in [-0.15, -0.1) is 0 Å². The monoisotopic (exact) mass is 256 g/mol. The first-order chi connectivity index (χ1) is 7.72. The molecule has 0 radical (unpaired) electrons. The van der Waals surface area contributed by atoms with Crippen molar-refractivity contribution < 1.29 is 0 Å². The largest absolute Gasteiger partial charge is 0.360 e. The van der Waals surface area contributed by atoms with Crippen molar-refractivity contribution in [3.05, 3.63) is 0 Å². The molecular formula is C14H28N2S. The van der Waals surface area contributed by atoms with Crippen LogP contribution in [-0.2, 0) is 0 Å². The molecule has 17 heavy (non-hydrogen) atoms. The summed E-state index contributed by atoms with van der Waals surface area (Å²) in [7, 11) is 0. The molecule has 0 bridgehead atoms. The number of hydrogen-bond acceptors (Lipinski definition) is 3. The van der Waals surface area contributed by atoms with Crippen LogP contribution < -0.4 is 5.32 Å². The highest BCUT2D eigenvalue weighted by molar-refractivity contribution is 8.13. The van der Waals surface area contributed by atoms with Crippen molar-refractivity contribution >= 4 is 16.9 Å². The van der Waals surface area contributed by atoms with Crippen molar-refractivity contribution in [2.45, 2.75) is 72.4 Å². The molecule has 0 aromatic rings. The number of amidine groups is 1. The topological polar surface area (TPSA) is 24.4 Å². The maximum absolute atomic E-state index is 4.78. The van der Waals surface area contributed by atoms with Crippen molar-refractivity contribution in [2.75, 3.05) is 5.75 Å². The number of aliphatic imine (C=N–C) groups is 1. The van der Waals surface area contributed by atoms with E-state index in [4.69, 9.17) is 4.99 Å². The molecule has 1 heterocycles. The Labute approximate surface area is 111 Å². The fourth-order valence-electron chi connectivity index (χ4n) is 2.58. The Kier molecular flexibility index (Phi) is 4.94. The van der Waals surface area contributed by atoms with Gasteiger partial charge < -0.3 is 5.32 Å². The molecule has 1 unspecified atom stereocenters. The number of rotatable bonds is 3. The highest BCUT2D eigenvalue weighted by Crippen LogP contribution is 2.28. The van der Waals surface area contributed by atoms with Gasteiger partial charge in [0.1, 0.15) is 0 Å². The Hall–Kier alpha value is -0.180. The summed E-state index contributed by atoms with van der Waals surface area (Å²) in [4.78, 5) is 4.78. The molecule has 100 valence electrons. The quantitative estimate of drug-likeness (QED) is 0.823. The molecule has 2 nitrogen and oxygen atoms in total. The second kappa shape index (κ2) is 5.64. The van der Waals surface area contributed by atoms with Crippen molar-refractivity contribution in [3.63, 3.8) is 0 Å². The van der Waals surface area contributed by atoms with Crippen molar-refractivity contribution in [2.24, 2.45) is 10.4 Å². The maximum atomic E-state index is 4.78. The van der Waals surface area contributed by atoms with Crippen molar-refractivity contribution in [1.82, 2.24) is 5.32 Å². The summed E-state index contributed by atoms with van der Waals surface area (Å²) in [5.41, 5.74) is 0.472. The highest BCUT2D eigenvalue weighted by Gasteiger charge is 2.27. The first-order valence-electron chi connectivity index (χ1n) is 6.71. The Balaban J connectivity index is 2.60. The standard InChI is InChI=1S/C14H28N2S/c1-7-11-8-9-17-12(15-11)16-14(5,6)10-13(2,3)4/h11H,7-10H2,1-6H3,(H,15,16). The lowest BCUT2D eigenvalue weighted by Crippen LogP contribution is -2.46. The van der Waals surface area contributed by atoms with Gasteiger partial charge in [0.25, 0.3) is 0 Å². The fourth-order valence-corrected chi connectivity index (χ4v) is 3.74. The minimum Gasteiger partial charge on any atom is -0.360 e. The highest BCUT2D eigenvalue weighted by atomic mass is 32.2. The summed E-state index contributed by atoms with van der Waals surface area (Å²) < 4.78 is 0. The van der Waals surface area contributed by atoms with Crippen LogP contribution in [0.15, 0.2) is 4.99 Å². The van der Waals surface area contributed by atoms with E-state index in [1.165, 1.54) is 12.2 Å². The molecule has 0 aromatic heterocycles. The van der Waals surface area contributed by atoms with E-state index in [9.17, 15) is 0 Å². The third-order valence-electron chi connectivity index (χ3n) is 2.88. The molecule has 0 saturated heterocycles. The van der Waals surface area contributed by atoms with Crippen LogP contribution in [0.3, 0.4) is 0 Å². The number of hydrogen-bond donors (Lipinski definition) is 1. The second-order valence-corrected chi connectivity index (χ2v) is 7.96. The van der Waals surface area contributed by atoms with E-state index < -0.39 is 0 Å². The van der Waals surface area contributed by atoms with Gasteiger partial charge in [0.15, 0.2) is 5.17 Å². The van der Waals surface area contributed by atoms with Gasteiger partial charge in [0.2, 0.25) is 0 Å². The van der Waals surface area contributed by atoms with Crippen molar-refractivity contribution in [1.29, 1.82) is 0 Å². The average molecular weight is 256 g/mol. The SMILES string of the molecule is CCC1CCSC(NC(C)(C)CC(C)(C)C)=N1. The van der Waals surface area contributed by atoms with Gasteiger partial charge in [-0.05, 0) is 38.5 Å². The molecule has 1 aliphatic heterocycles. The van der Waals surface area contributed by atoms with E-state index in [-0.39, 0.29) is 5.54 Å². The number of thioether (sulfide) groups is 1. The minimum absolute atomic E-state index is 0.125. The van der Waals surface area contributed by atoms with Crippen LogP contribution >= 0.6 is 11.8 Å². The molecule has 3 heteroatoms. The summed E-state index contributed by atoms with van der Waals surface area (Å²) in [6.07, 6.45) is 3.54. The Morgan fingerprint density at radius 2 is 1.94 bits per heavy atom. The lowest BCUT2D eigenvalue weighted by Gasteiger charge is -2.35. The first-order valence-corrected chi connectivity index (χ1v) is 7.69. The van der Waals surface area contributed by atoms with Gasteiger partial charge in [-0.1, -0.05) is 39.5 Å². The molecule has 1 rings (SSSR count). The third kappa shape index (κ3) is 5.80. The smallest absolute Gasteiger partial charge is 0.157 e. The lowest BCUT2D eigenvalue weighted by molar-refractivity contribution is 0.267. The third-order valence-corrected chi connectivity index (χ3v) is 3.80. The molecule has 0 aromatic carbocycles. The molecule has 0 amide bonds. The van der Waals surface area contributed by atoms with Crippen LogP contribution in [0, 0.1) is 5.41 Å². The first kappa shape index (κ1) is 14.9. The molecule has 1 aliphatic rings. The Morgan fingerprint density at radius 1 is 1.29 bits per heavy atom. The number of nitrogens with zero attached hydrogens (tertiary/aromatic N) is 1. The van der Waals surface area contributed by atoms with E-state index >= 15 is 0 Å². The normalized spacial score (nSPS) is 22.2. The Morgan fingerprint density at radius 3 is 2.47 bits per heavy atom. The molecule has 1 atom stereocenters. The van der Waals surface area contributed by atoms with Gasteiger partial charge in [0.05, 0.1) is 6.04 Å². The molecule has 0 fully saturated rings. The summed E-state index contributed by atoms with van der Waals surface area (Å²) >= 11 is 1.87. The zero-order chi connectivity index (χ0) is 13.1. The minimum atomic E-state index is 0.125. The van der Waals surface area contributed by atoms with E-state index in [1.807, 2.05) is 11.8 Å². The summed E-state index contributed by atoms with van der Waals surface area (Å²) in [6, 6.07) is 0.532. The van der Waals surface area contributed by atoms with Gasteiger partial charge >= 0.3 is 0 Å². The molecule has 0 aliphatic carbocycles. The second-order valence-electron chi connectivity index (χ2n) is 6.88. The van der Waals surface area contributed by atoms with Crippen LogP contribution in [0.5, 0.6) is 0 Å². The van der Waals surface area contributed by atoms with Crippen LogP contribution in [0.1, 0.15) is 60.8 Å². The average Bonchev–Trinajstić information content (AvgIpc) is 2.13. The van der Waals surface area contributed by atoms with E-state index in [0.29, 0.717) is 11.5 Å². The summed E-state index contributed by atoms with van der Waals surface area (Å²) in [5.74, 6) is 1.20. The molecule has 0 spiro atoms. The Bertz CT molecular complexity index is 276. The zero-order valence-corrected chi connectivity index (χ0v) is 13.1. The van der Waals surface area contributed by atoms with Crippen LogP contribution in [0.2, 0.25) is 0 Å². The van der Waals surface area contributed by atoms with Crippen LogP contribution in [-0.4, -0.2) is 22.5 Å². The van der Waals surface area contributed by atoms with Gasteiger partial charge in [-0.25, -0.2) is 0 Å². The molecule has 1 N–H and O–H groups in total. The van der Waals surface area contributed by atoms with E-state index in [1.54, 1.807) is 0 Å². The number of nitrogens with one attached hydrogen (secondary N) is 1. The predicted octanol–water partition coefficient (Wildman–Crippen LogP) is 4.06. The van der Waals surface area contributed by atoms with E-state index in [2.05, 4.69) is 46.9 Å². The van der Waals surface area contributed by atoms with Crippen molar-refractivity contribution in [3.8, 4) is 0 Å². The lowest BCUT2D eigenvalue weighted by atomic mass is 9.82. The summed E-state index contributed by atoms with van der Waals surface area (Å²) in [5, 5.41) is 4.78. The maximum Gasteiger partial charge on any atom is 0.157 e. The molecule has 0 saturated carbocycles. The van der Waals surface area contributed by atoms with Crippen LogP contribution in [0.4, 0.5) is 0 Å². The predicted molar refractivity (Wildman–Crippen MR) is 79.9 cm³/mol. The summed E-state index contributed by atoms with van der Waals surface area (Å²) in [6.45, 7) is 13.7.